The normalized spacial score (nSPS) is 25.1. The van der Waals surface area contributed by atoms with E-state index >= 15 is 0 Å². The molecule has 1 heterocycles. The van der Waals surface area contributed by atoms with Gasteiger partial charge in [0, 0.05) is 13.1 Å². The molecule has 1 N–H and O–H groups in total. The monoisotopic (exact) mass is 217 g/mol. The van der Waals surface area contributed by atoms with Crippen molar-refractivity contribution in [1.82, 2.24) is 5.32 Å². The lowest BCUT2D eigenvalue weighted by Gasteiger charge is -2.27. The van der Waals surface area contributed by atoms with Gasteiger partial charge in [0.2, 0.25) is 0 Å². The number of nitrogens with one attached hydrogen (secondary N) is 1. The summed E-state index contributed by atoms with van der Waals surface area (Å²) in [5.74, 6) is 1.72. The van der Waals surface area contributed by atoms with E-state index in [0.29, 0.717) is 23.3 Å². The van der Waals surface area contributed by atoms with Crippen molar-refractivity contribution >= 4 is 9.84 Å². The van der Waals surface area contributed by atoms with Gasteiger partial charge in [0.05, 0.1) is 11.5 Å². The highest BCUT2D eigenvalue weighted by Crippen LogP contribution is 2.26. The van der Waals surface area contributed by atoms with E-state index in [4.69, 9.17) is 0 Å². The van der Waals surface area contributed by atoms with Gasteiger partial charge >= 0.3 is 0 Å². The Bertz CT molecular complexity index is 276. The first-order chi connectivity index (χ1) is 6.66. The van der Waals surface area contributed by atoms with Crippen LogP contribution in [0, 0.1) is 11.8 Å². The number of hydrogen-bond acceptors (Lipinski definition) is 3. The Morgan fingerprint density at radius 3 is 2.07 bits per heavy atom. The quantitative estimate of drug-likeness (QED) is 0.758. The van der Waals surface area contributed by atoms with Crippen LogP contribution in [0.3, 0.4) is 0 Å². The molecule has 0 bridgehead atoms. The third-order valence-electron chi connectivity index (χ3n) is 3.32. The zero-order chi connectivity index (χ0) is 10.0. The Morgan fingerprint density at radius 1 is 1.00 bits per heavy atom. The Labute approximate surface area is 86.2 Å². The van der Waals surface area contributed by atoms with Crippen LogP contribution in [0.2, 0.25) is 0 Å². The van der Waals surface area contributed by atoms with Crippen LogP contribution in [-0.2, 0) is 9.84 Å². The topological polar surface area (TPSA) is 46.2 Å². The summed E-state index contributed by atoms with van der Waals surface area (Å²) in [4.78, 5) is 0. The maximum atomic E-state index is 11.8. The van der Waals surface area contributed by atoms with Gasteiger partial charge in [0.1, 0.15) is 0 Å². The Kier molecular flexibility index (Phi) is 3.12. The van der Waals surface area contributed by atoms with E-state index in [9.17, 15) is 8.42 Å². The van der Waals surface area contributed by atoms with Crippen LogP contribution in [0.5, 0.6) is 0 Å². The fourth-order valence-electron chi connectivity index (χ4n) is 2.43. The fourth-order valence-corrected chi connectivity index (χ4v) is 4.57. The zero-order valence-corrected chi connectivity index (χ0v) is 9.35. The van der Waals surface area contributed by atoms with E-state index in [2.05, 4.69) is 5.32 Å². The van der Waals surface area contributed by atoms with Crippen LogP contribution < -0.4 is 5.32 Å². The maximum Gasteiger partial charge on any atom is 0.150 e. The molecule has 82 valence electrons. The minimum atomic E-state index is -2.77. The second kappa shape index (κ2) is 4.19. The van der Waals surface area contributed by atoms with Crippen LogP contribution in [-0.4, -0.2) is 33.0 Å². The van der Waals surface area contributed by atoms with E-state index in [1.54, 1.807) is 0 Å². The van der Waals surface area contributed by atoms with Gasteiger partial charge in [0.25, 0.3) is 0 Å². The second-order valence-corrected chi connectivity index (χ2v) is 6.91. The molecule has 1 aliphatic heterocycles. The largest absolute Gasteiger partial charge is 0.316 e. The molecule has 2 rings (SSSR count). The molecule has 1 saturated heterocycles. The van der Waals surface area contributed by atoms with Gasteiger partial charge in [-0.05, 0) is 24.7 Å². The first-order valence-electron chi connectivity index (χ1n) is 5.57. The molecule has 3 nitrogen and oxygen atoms in total. The molecule has 0 aromatic rings. The fraction of sp³-hybridized carbons (Fsp3) is 1.00. The van der Waals surface area contributed by atoms with Crippen molar-refractivity contribution in [3.8, 4) is 0 Å². The van der Waals surface area contributed by atoms with Crippen molar-refractivity contribution in [2.45, 2.75) is 25.7 Å². The van der Waals surface area contributed by atoms with E-state index < -0.39 is 9.84 Å². The second-order valence-electron chi connectivity index (χ2n) is 4.75. The summed E-state index contributed by atoms with van der Waals surface area (Å²) in [5.41, 5.74) is 0. The molecule has 0 aromatic carbocycles. The molecule has 0 radical (unpaired) electrons. The molecule has 1 aliphatic carbocycles. The average Bonchev–Trinajstić information content (AvgIpc) is 2.49. The smallest absolute Gasteiger partial charge is 0.150 e. The summed E-state index contributed by atoms with van der Waals surface area (Å²) in [6.45, 7) is 1.79. The minimum absolute atomic E-state index is 0.390. The molecule has 4 heteroatoms. The Balaban J connectivity index is 1.81. The van der Waals surface area contributed by atoms with Crippen LogP contribution in [0.15, 0.2) is 0 Å². The zero-order valence-electron chi connectivity index (χ0n) is 8.54. The van der Waals surface area contributed by atoms with Crippen LogP contribution in [0.1, 0.15) is 25.7 Å². The lowest BCUT2D eigenvalue weighted by Crippen LogP contribution is -2.46. The Hall–Kier alpha value is -0.0900. The SMILES string of the molecule is O=S(=O)(CC1CCCC1)CC1CNC1. The van der Waals surface area contributed by atoms with Gasteiger partial charge in [0.15, 0.2) is 9.84 Å². The van der Waals surface area contributed by atoms with Gasteiger partial charge in [-0.15, -0.1) is 0 Å². The molecule has 2 aliphatic rings. The highest BCUT2D eigenvalue weighted by molar-refractivity contribution is 7.91. The van der Waals surface area contributed by atoms with E-state index in [1.165, 1.54) is 12.8 Å². The van der Waals surface area contributed by atoms with Gasteiger partial charge < -0.3 is 5.32 Å². The molecule has 0 aromatic heterocycles. The molecule has 1 saturated carbocycles. The van der Waals surface area contributed by atoms with Gasteiger partial charge in [-0.2, -0.15) is 0 Å². The van der Waals surface area contributed by atoms with Crippen molar-refractivity contribution < 1.29 is 8.42 Å². The highest BCUT2D eigenvalue weighted by Gasteiger charge is 2.27. The van der Waals surface area contributed by atoms with Crippen molar-refractivity contribution in [1.29, 1.82) is 0 Å². The third kappa shape index (κ3) is 2.70. The van der Waals surface area contributed by atoms with Gasteiger partial charge in [-0.3, -0.25) is 0 Å². The summed E-state index contributed by atoms with van der Waals surface area (Å²) < 4.78 is 23.5. The van der Waals surface area contributed by atoms with Gasteiger partial charge in [-0.1, -0.05) is 12.8 Å². The predicted molar refractivity (Wildman–Crippen MR) is 57.0 cm³/mol. The van der Waals surface area contributed by atoms with Crippen LogP contribution in [0.25, 0.3) is 0 Å². The van der Waals surface area contributed by atoms with E-state index in [-0.39, 0.29) is 0 Å². The van der Waals surface area contributed by atoms with Crippen molar-refractivity contribution in [3.63, 3.8) is 0 Å². The summed E-state index contributed by atoms with van der Waals surface area (Å²) in [7, 11) is -2.77. The molecule has 2 fully saturated rings. The lowest BCUT2D eigenvalue weighted by atomic mass is 10.1. The van der Waals surface area contributed by atoms with Gasteiger partial charge in [-0.25, -0.2) is 8.42 Å². The predicted octanol–water partition coefficient (Wildman–Crippen LogP) is 0.811. The molecule has 0 amide bonds. The number of hydrogen-bond donors (Lipinski definition) is 1. The van der Waals surface area contributed by atoms with Crippen molar-refractivity contribution in [2.75, 3.05) is 24.6 Å². The first kappa shape index (κ1) is 10.4. The highest BCUT2D eigenvalue weighted by atomic mass is 32.2. The standard InChI is InChI=1S/C10H19NO2S/c12-14(13,8-10-5-11-6-10)7-9-3-1-2-4-9/h9-11H,1-8H2. The summed E-state index contributed by atoms with van der Waals surface area (Å²) in [5, 5.41) is 3.11. The van der Waals surface area contributed by atoms with E-state index in [1.807, 2.05) is 0 Å². The van der Waals surface area contributed by atoms with Crippen LogP contribution >= 0.6 is 0 Å². The van der Waals surface area contributed by atoms with Crippen LogP contribution in [0.4, 0.5) is 0 Å². The Morgan fingerprint density at radius 2 is 1.57 bits per heavy atom. The molecular weight excluding hydrogens is 198 g/mol. The summed E-state index contributed by atoms with van der Waals surface area (Å²) >= 11 is 0. The molecule has 0 unspecified atom stereocenters. The van der Waals surface area contributed by atoms with Crippen molar-refractivity contribution in [3.05, 3.63) is 0 Å². The van der Waals surface area contributed by atoms with Crippen molar-refractivity contribution in [2.24, 2.45) is 11.8 Å². The summed E-state index contributed by atoms with van der Waals surface area (Å²) in [6.07, 6.45) is 4.71. The average molecular weight is 217 g/mol. The number of sulfone groups is 1. The maximum absolute atomic E-state index is 11.8. The molecule has 14 heavy (non-hydrogen) atoms. The minimum Gasteiger partial charge on any atom is -0.316 e. The lowest BCUT2D eigenvalue weighted by molar-refractivity contribution is 0.377. The van der Waals surface area contributed by atoms with E-state index in [0.717, 1.165) is 25.9 Å². The molecule has 0 atom stereocenters. The number of rotatable bonds is 4. The first-order valence-corrected chi connectivity index (χ1v) is 7.39. The molecular formula is C10H19NO2S. The summed E-state index contributed by atoms with van der Waals surface area (Å²) in [6, 6.07) is 0. The third-order valence-corrected chi connectivity index (χ3v) is 5.28. The molecule has 0 spiro atoms.